The van der Waals surface area contributed by atoms with Gasteiger partial charge in [0.15, 0.2) is 6.10 Å². The summed E-state index contributed by atoms with van der Waals surface area (Å²) in [6.45, 7) is 5.56. The summed E-state index contributed by atoms with van der Waals surface area (Å²) in [4.78, 5) is 11.3. The second kappa shape index (κ2) is 8.43. The molecule has 112 valence electrons. The summed E-state index contributed by atoms with van der Waals surface area (Å²) in [5, 5.41) is 3.31. The molecule has 0 bridgehead atoms. The fourth-order valence-electron chi connectivity index (χ4n) is 1.83. The number of hydrogen-bond donors (Lipinski definition) is 2. The molecular weight excluding hydrogens is 256 g/mol. The number of carbonyl (C=O) groups excluding carboxylic acids is 1. The lowest BCUT2D eigenvalue weighted by Crippen LogP contribution is -2.33. The molecule has 1 unspecified atom stereocenters. The number of methoxy groups -OCH3 is 1. The normalized spacial score (nSPS) is 11.9. The number of amides is 1. The van der Waals surface area contributed by atoms with E-state index >= 15 is 0 Å². The van der Waals surface area contributed by atoms with Crippen molar-refractivity contribution >= 4 is 5.91 Å². The Hall–Kier alpha value is -1.75. The van der Waals surface area contributed by atoms with E-state index in [1.54, 1.807) is 7.11 Å². The zero-order valence-electron chi connectivity index (χ0n) is 12.4. The number of nitrogens with one attached hydrogen (secondary N) is 1. The van der Waals surface area contributed by atoms with Gasteiger partial charge in [-0.3, -0.25) is 4.79 Å². The zero-order chi connectivity index (χ0) is 15.0. The fraction of sp³-hybridized carbons (Fsp3) is 0.533. The lowest BCUT2D eigenvalue weighted by Gasteiger charge is -2.18. The molecule has 0 heterocycles. The first-order chi connectivity index (χ1) is 9.62. The summed E-state index contributed by atoms with van der Waals surface area (Å²) in [5.41, 5.74) is 6.27. The van der Waals surface area contributed by atoms with Crippen LogP contribution in [0.3, 0.4) is 0 Å². The molecule has 5 heteroatoms. The topological polar surface area (TPSA) is 73.6 Å². The lowest BCUT2D eigenvalue weighted by molar-refractivity contribution is -0.124. The van der Waals surface area contributed by atoms with Crippen molar-refractivity contribution in [3.05, 3.63) is 23.8 Å². The van der Waals surface area contributed by atoms with Crippen LogP contribution in [0.1, 0.15) is 32.3 Å². The molecule has 20 heavy (non-hydrogen) atoms. The molecule has 0 saturated heterocycles. The van der Waals surface area contributed by atoms with E-state index in [9.17, 15) is 4.79 Å². The number of rotatable bonds is 9. The number of benzene rings is 1. The molecule has 1 rings (SSSR count). The quantitative estimate of drug-likeness (QED) is 0.677. The summed E-state index contributed by atoms with van der Waals surface area (Å²) >= 11 is 0. The molecule has 1 amide bonds. The third kappa shape index (κ3) is 4.74. The van der Waals surface area contributed by atoms with E-state index in [-0.39, 0.29) is 0 Å². The molecule has 1 aromatic carbocycles. The predicted molar refractivity (Wildman–Crippen MR) is 78.9 cm³/mol. The molecule has 0 aliphatic heterocycles. The third-order valence-electron chi connectivity index (χ3n) is 2.97. The monoisotopic (exact) mass is 280 g/mol. The van der Waals surface area contributed by atoms with E-state index in [0.29, 0.717) is 18.7 Å². The lowest BCUT2D eigenvalue weighted by atomic mass is 10.1. The summed E-state index contributed by atoms with van der Waals surface area (Å²) in [6, 6.07) is 5.53. The van der Waals surface area contributed by atoms with Crippen LogP contribution in [0.25, 0.3) is 0 Å². The minimum atomic E-state index is -0.603. The molecule has 0 spiro atoms. The number of ether oxygens (including phenoxy) is 2. The standard InChI is InChI=1S/C15H24N2O3/c1-4-8-17-10-11-9-12(19-3)6-7-14(11)20-13(5-2)15(16)18/h6-7,9,13,17H,4-5,8,10H2,1-3H3,(H2,16,18). The fourth-order valence-corrected chi connectivity index (χ4v) is 1.83. The van der Waals surface area contributed by atoms with Crippen LogP contribution in [0, 0.1) is 0 Å². The van der Waals surface area contributed by atoms with Crippen molar-refractivity contribution in [3.63, 3.8) is 0 Å². The maximum Gasteiger partial charge on any atom is 0.258 e. The van der Waals surface area contributed by atoms with Crippen LogP contribution in [-0.2, 0) is 11.3 Å². The van der Waals surface area contributed by atoms with Crippen molar-refractivity contribution in [1.29, 1.82) is 0 Å². The second-order valence-corrected chi connectivity index (χ2v) is 4.57. The van der Waals surface area contributed by atoms with Crippen LogP contribution >= 0.6 is 0 Å². The maximum atomic E-state index is 11.3. The molecule has 0 saturated carbocycles. The van der Waals surface area contributed by atoms with Crippen LogP contribution in [0.2, 0.25) is 0 Å². The molecule has 1 aromatic rings. The highest BCUT2D eigenvalue weighted by Crippen LogP contribution is 2.25. The van der Waals surface area contributed by atoms with E-state index in [4.69, 9.17) is 15.2 Å². The number of hydrogen-bond acceptors (Lipinski definition) is 4. The Morgan fingerprint density at radius 3 is 2.70 bits per heavy atom. The van der Waals surface area contributed by atoms with Gasteiger partial charge < -0.3 is 20.5 Å². The van der Waals surface area contributed by atoms with Gasteiger partial charge in [0.05, 0.1) is 7.11 Å². The highest BCUT2D eigenvalue weighted by Gasteiger charge is 2.16. The minimum absolute atomic E-state index is 0.448. The Kier molecular flexibility index (Phi) is 6.87. The van der Waals surface area contributed by atoms with Gasteiger partial charge in [0.25, 0.3) is 5.91 Å². The van der Waals surface area contributed by atoms with Crippen molar-refractivity contribution in [3.8, 4) is 11.5 Å². The summed E-state index contributed by atoms with van der Waals surface area (Å²) in [6.07, 6.45) is 0.996. The molecule has 0 aromatic heterocycles. The average molecular weight is 280 g/mol. The molecule has 0 fully saturated rings. The molecule has 0 aliphatic rings. The summed E-state index contributed by atoms with van der Waals surface area (Å²) < 4.78 is 10.9. The van der Waals surface area contributed by atoms with Gasteiger partial charge in [-0.05, 0) is 37.6 Å². The smallest absolute Gasteiger partial charge is 0.258 e. The highest BCUT2D eigenvalue weighted by molar-refractivity contribution is 5.79. The second-order valence-electron chi connectivity index (χ2n) is 4.57. The van der Waals surface area contributed by atoms with Gasteiger partial charge in [-0.15, -0.1) is 0 Å². The molecule has 0 aliphatic carbocycles. The van der Waals surface area contributed by atoms with Gasteiger partial charge in [-0.2, -0.15) is 0 Å². The molecule has 1 atom stereocenters. The predicted octanol–water partition coefficient (Wildman–Crippen LogP) is 1.84. The Bertz CT molecular complexity index is 435. The van der Waals surface area contributed by atoms with Crippen LogP contribution in [0.5, 0.6) is 11.5 Å². The summed E-state index contributed by atoms with van der Waals surface area (Å²) in [7, 11) is 1.62. The number of carbonyl (C=O) groups is 1. The molecule has 3 N–H and O–H groups in total. The Balaban J connectivity index is 2.89. The first kappa shape index (κ1) is 16.3. The van der Waals surface area contributed by atoms with Crippen LogP contribution in [0.4, 0.5) is 0 Å². The van der Waals surface area contributed by atoms with E-state index in [1.807, 2.05) is 25.1 Å². The van der Waals surface area contributed by atoms with Crippen molar-refractivity contribution in [2.45, 2.75) is 39.3 Å². The third-order valence-corrected chi connectivity index (χ3v) is 2.97. The SMILES string of the molecule is CCCNCc1cc(OC)ccc1OC(CC)C(N)=O. The molecule has 0 radical (unpaired) electrons. The zero-order valence-corrected chi connectivity index (χ0v) is 12.4. The Labute approximate surface area is 120 Å². The van der Waals surface area contributed by atoms with E-state index in [1.165, 1.54) is 0 Å². The Morgan fingerprint density at radius 1 is 1.40 bits per heavy atom. The summed E-state index contributed by atoms with van der Waals surface area (Å²) in [5.74, 6) is 0.980. The van der Waals surface area contributed by atoms with E-state index in [2.05, 4.69) is 12.2 Å². The van der Waals surface area contributed by atoms with Gasteiger partial charge in [0.1, 0.15) is 11.5 Å². The average Bonchev–Trinajstić information content (AvgIpc) is 2.45. The van der Waals surface area contributed by atoms with Crippen LogP contribution in [0.15, 0.2) is 18.2 Å². The van der Waals surface area contributed by atoms with Crippen molar-refractivity contribution in [2.75, 3.05) is 13.7 Å². The van der Waals surface area contributed by atoms with Gasteiger partial charge >= 0.3 is 0 Å². The maximum absolute atomic E-state index is 11.3. The van der Waals surface area contributed by atoms with Crippen molar-refractivity contribution in [2.24, 2.45) is 5.73 Å². The number of nitrogens with two attached hydrogens (primary N) is 1. The van der Waals surface area contributed by atoms with Crippen molar-refractivity contribution in [1.82, 2.24) is 5.32 Å². The minimum Gasteiger partial charge on any atom is -0.497 e. The first-order valence-electron chi connectivity index (χ1n) is 6.95. The first-order valence-corrected chi connectivity index (χ1v) is 6.95. The van der Waals surface area contributed by atoms with Gasteiger partial charge in [0.2, 0.25) is 0 Å². The van der Waals surface area contributed by atoms with E-state index < -0.39 is 12.0 Å². The highest BCUT2D eigenvalue weighted by atomic mass is 16.5. The number of primary amides is 1. The van der Waals surface area contributed by atoms with Gasteiger partial charge in [-0.25, -0.2) is 0 Å². The van der Waals surface area contributed by atoms with E-state index in [0.717, 1.165) is 24.3 Å². The van der Waals surface area contributed by atoms with Gasteiger partial charge in [0, 0.05) is 12.1 Å². The Morgan fingerprint density at radius 2 is 2.15 bits per heavy atom. The molecule has 5 nitrogen and oxygen atoms in total. The van der Waals surface area contributed by atoms with Crippen LogP contribution < -0.4 is 20.5 Å². The largest absolute Gasteiger partial charge is 0.497 e. The van der Waals surface area contributed by atoms with Gasteiger partial charge in [-0.1, -0.05) is 13.8 Å². The molecular formula is C15H24N2O3. The van der Waals surface area contributed by atoms with Crippen LogP contribution in [-0.4, -0.2) is 25.7 Å². The van der Waals surface area contributed by atoms with Crippen molar-refractivity contribution < 1.29 is 14.3 Å².